The van der Waals surface area contributed by atoms with E-state index in [0.717, 1.165) is 5.56 Å². The maximum absolute atomic E-state index is 12.1. The molecule has 1 aromatic rings. The first-order valence-corrected chi connectivity index (χ1v) is 9.87. The van der Waals surface area contributed by atoms with Crippen LogP contribution in [0.4, 0.5) is 0 Å². The topological polar surface area (TPSA) is 113 Å². The van der Waals surface area contributed by atoms with Gasteiger partial charge in [0.1, 0.15) is 0 Å². The molecule has 0 aliphatic carbocycles. The molecule has 140 valence electrons. The van der Waals surface area contributed by atoms with Gasteiger partial charge in [-0.15, -0.1) is 0 Å². The van der Waals surface area contributed by atoms with Crippen molar-refractivity contribution in [1.29, 1.82) is 0 Å². The number of aliphatic carboxylic acids is 1. The summed E-state index contributed by atoms with van der Waals surface area (Å²) in [5, 5.41) is 11.8. The minimum atomic E-state index is -3.27. The number of carboxylic acid groups (broad SMARTS) is 1. The van der Waals surface area contributed by atoms with E-state index in [-0.39, 0.29) is 30.7 Å². The van der Waals surface area contributed by atoms with Crippen LogP contribution >= 0.6 is 0 Å². The van der Waals surface area contributed by atoms with Crippen LogP contribution in [-0.2, 0) is 21.4 Å². The lowest BCUT2D eigenvalue weighted by Gasteiger charge is -2.15. The fourth-order valence-electron chi connectivity index (χ4n) is 2.23. The number of carbonyl (C=O) groups is 2. The molecule has 8 heteroatoms. The summed E-state index contributed by atoms with van der Waals surface area (Å²) < 4.78 is 25.3. The van der Waals surface area contributed by atoms with Gasteiger partial charge in [-0.3, -0.25) is 9.59 Å². The van der Waals surface area contributed by atoms with Crippen LogP contribution in [0.15, 0.2) is 24.3 Å². The lowest BCUT2D eigenvalue weighted by molar-refractivity contribution is -0.142. The monoisotopic (exact) mass is 370 g/mol. The van der Waals surface area contributed by atoms with E-state index in [1.807, 2.05) is 13.8 Å². The van der Waals surface area contributed by atoms with Crippen molar-refractivity contribution in [2.45, 2.75) is 33.7 Å². The van der Waals surface area contributed by atoms with Crippen LogP contribution in [0.2, 0.25) is 0 Å². The zero-order chi connectivity index (χ0) is 19.0. The molecule has 7 nitrogen and oxygen atoms in total. The summed E-state index contributed by atoms with van der Waals surface area (Å²) >= 11 is 0. The van der Waals surface area contributed by atoms with Gasteiger partial charge in [0.15, 0.2) is 0 Å². The molecule has 3 N–H and O–H groups in total. The summed E-state index contributed by atoms with van der Waals surface area (Å²) in [6.07, 6.45) is 0.492. The fraction of sp³-hybridized carbons (Fsp3) is 0.529. The molecule has 1 aromatic carbocycles. The van der Waals surface area contributed by atoms with Gasteiger partial charge in [0.05, 0.1) is 11.7 Å². The SMILES string of the molecule is CCS(=O)(=O)NCc1ccc(C(=O)NCC(CC(C)C)C(=O)O)cc1. The summed E-state index contributed by atoms with van der Waals surface area (Å²) in [5.74, 6) is -1.66. The molecule has 0 bridgehead atoms. The third-order valence-corrected chi connectivity index (χ3v) is 5.05. The number of nitrogens with one attached hydrogen (secondary N) is 2. The lowest BCUT2D eigenvalue weighted by atomic mass is 9.97. The van der Waals surface area contributed by atoms with E-state index >= 15 is 0 Å². The summed E-state index contributed by atoms with van der Waals surface area (Å²) in [5.41, 5.74) is 1.13. The molecule has 1 rings (SSSR count). The highest BCUT2D eigenvalue weighted by molar-refractivity contribution is 7.89. The van der Waals surface area contributed by atoms with Crippen molar-refractivity contribution < 1.29 is 23.1 Å². The Morgan fingerprint density at radius 1 is 1.16 bits per heavy atom. The average Bonchev–Trinajstić information content (AvgIpc) is 2.56. The largest absolute Gasteiger partial charge is 0.481 e. The molecule has 0 aliphatic heterocycles. The van der Waals surface area contributed by atoms with Crippen LogP contribution in [0.3, 0.4) is 0 Å². The molecule has 0 spiro atoms. The van der Waals surface area contributed by atoms with Gasteiger partial charge in [0.2, 0.25) is 10.0 Å². The highest BCUT2D eigenvalue weighted by Crippen LogP contribution is 2.12. The van der Waals surface area contributed by atoms with Crippen molar-refractivity contribution >= 4 is 21.9 Å². The molecule has 1 atom stereocenters. The zero-order valence-electron chi connectivity index (χ0n) is 14.8. The molecule has 0 aromatic heterocycles. The van der Waals surface area contributed by atoms with E-state index in [9.17, 15) is 23.1 Å². The first kappa shape index (κ1) is 21.1. The summed E-state index contributed by atoms with van der Waals surface area (Å²) in [6, 6.07) is 6.50. The van der Waals surface area contributed by atoms with Crippen LogP contribution < -0.4 is 10.0 Å². The van der Waals surface area contributed by atoms with Crippen LogP contribution in [0, 0.1) is 11.8 Å². The van der Waals surface area contributed by atoms with Crippen molar-refractivity contribution in [2.24, 2.45) is 11.8 Å². The van der Waals surface area contributed by atoms with E-state index in [4.69, 9.17) is 0 Å². The van der Waals surface area contributed by atoms with Gasteiger partial charge in [-0.25, -0.2) is 13.1 Å². The minimum absolute atomic E-state index is 0.00854. The summed E-state index contributed by atoms with van der Waals surface area (Å²) in [4.78, 5) is 23.3. The van der Waals surface area contributed by atoms with E-state index in [1.54, 1.807) is 31.2 Å². The Morgan fingerprint density at radius 3 is 2.24 bits per heavy atom. The van der Waals surface area contributed by atoms with Gasteiger partial charge in [-0.1, -0.05) is 26.0 Å². The third-order valence-electron chi connectivity index (χ3n) is 3.71. The number of hydrogen-bond donors (Lipinski definition) is 3. The number of amides is 1. The van der Waals surface area contributed by atoms with Crippen LogP contribution in [0.25, 0.3) is 0 Å². The molecule has 1 unspecified atom stereocenters. The van der Waals surface area contributed by atoms with Gasteiger partial charge >= 0.3 is 5.97 Å². The third kappa shape index (κ3) is 7.66. The predicted octanol–water partition coefficient (Wildman–Crippen LogP) is 1.60. The fourth-order valence-corrected chi connectivity index (χ4v) is 2.82. The second-order valence-electron chi connectivity index (χ2n) is 6.30. The van der Waals surface area contributed by atoms with Gasteiger partial charge in [-0.2, -0.15) is 0 Å². The van der Waals surface area contributed by atoms with E-state index < -0.39 is 21.9 Å². The van der Waals surface area contributed by atoms with Crippen LogP contribution in [0.5, 0.6) is 0 Å². The Hall–Kier alpha value is -1.93. The van der Waals surface area contributed by atoms with E-state index in [0.29, 0.717) is 12.0 Å². The molecule has 0 heterocycles. The summed E-state index contributed by atoms with van der Waals surface area (Å²) in [7, 11) is -3.27. The Balaban J connectivity index is 2.60. The molecule has 0 saturated carbocycles. The maximum atomic E-state index is 12.1. The van der Waals surface area contributed by atoms with Crippen molar-refractivity contribution in [3.63, 3.8) is 0 Å². The lowest BCUT2D eigenvalue weighted by Crippen LogP contribution is -2.33. The van der Waals surface area contributed by atoms with Gasteiger partial charge < -0.3 is 10.4 Å². The predicted molar refractivity (Wildman–Crippen MR) is 95.7 cm³/mol. The number of rotatable bonds is 10. The number of benzene rings is 1. The Bertz CT molecular complexity index is 683. The first-order chi connectivity index (χ1) is 11.6. The molecular weight excluding hydrogens is 344 g/mol. The molecule has 0 radical (unpaired) electrons. The van der Waals surface area contributed by atoms with E-state index in [1.165, 1.54) is 0 Å². The van der Waals surface area contributed by atoms with Crippen LogP contribution in [0.1, 0.15) is 43.1 Å². The zero-order valence-corrected chi connectivity index (χ0v) is 15.6. The Kier molecular flexibility index (Phi) is 8.05. The molecule has 0 fully saturated rings. The molecule has 0 aliphatic rings. The maximum Gasteiger partial charge on any atom is 0.308 e. The standard InChI is InChI=1S/C17H26N2O5S/c1-4-25(23,24)19-10-13-5-7-14(8-6-13)16(20)18-11-15(17(21)22)9-12(2)3/h5-8,12,15,19H,4,9-11H2,1-3H3,(H,18,20)(H,21,22). The number of hydrogen-bond acceptors (Lipinski definition) is 4. The average molecular weight is 370 g/mol. The highest BCUT2D eigenvalue weighted by atomic mass is 32.2. The van der Waals surface area contributed by atoms with Crippen molar-refractivity contribution in [3.05, 3.63) is 35.4 Å². The van der Waals surface area contributed by atoms with Crippen molar-refractivity contribution in [3.8, 4) is 0 Å². The highest BCUT2D eigenvalue weighted by Gasteiger charge is 2.20. The number of sulfonamides is 1. The molecule has 1 amide bonds. The van der Waals surface area contributed by atoms with Gasteiger partial charge in [0.25, 0.3) is 5.91 Å². The van der Waals surface area contributed by atoms with E-state index in [2.05, 4.69) is 10.0 Å². The minimum Gasteiger partial charge on any atom is -0.481 e. The van der Waals surface area contributed by atoms with Gasteiger partial charge in [0, 0.05) is 18.7 Å². The normalized spacial score (nSPS) is 12.8. The second kappa shape index (κ2) is 9.53. The molecule has 25 heavy (non-hydrogen) atoms. The van der Waals surface area contributed by atoms with Crippen molar-refractivity contribution in [1.82, 2.24) is 10.0 Å². The molecule has 0 saturated heterocycles. The number of carbonyl (C=O) groups excluding carboxylic acids is 1. The summed E-state index contributed by atoms with van der Waals surface area (Å²) in [6.45, 7) is 5.66. The smallest absolute Gasteiger partial charge is 0.308 e. The Morgan fingerprint density at radius 2 is 1.76 bits per heavy atom. The van der Waals surface area contributed by atoms with Gasteiger partial charge in [-0.05, 0) is 37.0 Å². The van der Waals surface area contributed by atoms with Crippen molar-refractivity contribution in [2.75, 3.05) is 12.3 Å². The first-order valence-electron chi connectivity index (χ1n) is 8.22. The Labute approximate surface area is 148 Å². The van der Waals surface area contributed by atoms with Crippen LogP contribution in [-0.4, -0.2) is 37.7 Å². The second-order valence-corrected chi connectivity index (χ2v) is 8.39. The number of carboxylic acids is 1. The quantitative estimate of drug-likeness (QED) is 0.579. The molecular formula is C17H26N2O5S.